The molecule has 3 aliphatic rings. The smallest absolute Gasteiger partial charge is 0.0218 e. The molecule has 0 saturated carbocycles. The van der Waals surface area contributed by atoms with E-state index < -0.39 is 0 Å². The Labute approximate surface area is 57.7 Å². The average Bonchev–Trinajstić information content (AvgIpc) is 1.90. The van der Waals surface area contributed by atoms with Gasteiger partial charge in [0.05, 0.1) is 0 Å². The number of hydrogen-bond acceptors (Lipinski definition) is 2. The topological polar surface area (TPSA) is 15.3 Å². The number of fused-ring (bicyclic) bond motifs is 3. The van der Waals surface area contributed by atoms with Crippen molar-refractivity contribution in [3.05, 3.63) is 0 Å². The van der Waals surface area contributed by atoms with Crippen molar-refractivity contribution in [3.8, 4) is 0 Å². The molecule has 2 atom stereocenters. The summed E-state index contributed by atoms with van der Waals surface area (Å²) in [5.41, 5.74) is 0. The summed E-state index contributed by atoms with van der Waals surface area (Å²) in [5, 5.41) is 3.51. The van der Waals surface area contributed by atoms with E-state index in [1.807, 2.05) is 0 Å². The lowest BCUT2D eigenvalue weighted by Gasteiger charge is -2.44. The first-order valence-corrected chi connectivity index (χ1v) is 3.80. The van der Waals surface area contributed by atoms with E-state index in [4.69, 9.17) is 0 Å². The molecule has 0 radical (unpaired) electrons. The Kier molecular flexibility index (Phi) is 1.24. The summed E-state index contributed by atoms with van der Waals surface area (Å²) in [5.74, 6) is 0. The quantitative estimate of drug-likeness (QED) is 0.504. The first-order chi connectivity index (χ1) is 4.36. The van der Waals surface area contributed by atoms with Crippen molar-refractivity contribution in [1.82, 2.24) is 10.2 Å². The molecule has 2 bridgehead atoms. The Morgan fingerprint density at radius 1 is 1.56 bits per heavy atom. The second kappa shape index (κ2) is 1.96. The van der Waals surface area contributed by atoms with Gasteiger partial charge in [-0.25, -0.2) is 0 Å². The maximum Gasteiger partial charge on any atom is 0.0218 e. The Morgan fingerprint density at radius 3 is 2.67 bits per heavy atom. The van der Waals surface area contributed by atoms with Crippen LogP contribution in [0.25, 0.3) is 0 Å². The second-order valence-corrected chi connectivity index (χ2v) is 3.28. The molecule has 0 aromatic rings. The monoisotopic (exact) mass is 128 g/mol. The van der Waals surface area contributed by atoms with Crippen LogP contribution in [0.4, 0.5) is 0 Å². The van der Waals surface area contributed by atoms with Crippen LogP contribution in [0.1, 0.15) is 14.3 Å². The molecule has 54 valence electrons. The van der Waals surface area contributed by atoms with E-state index in [0.29, 0.717) is 0 Å². The average molecular weight is 128 g/mol. The van der Waals surface area contributed by atoms with Gasteiger partial charge in [-0.3, -0.25) is 0 Å². The van der Waals surface area contributed by atoms with E-state index in [1.54, 1.807) is 0 Å². The molecule has 0 unspecified atom stereocenters. The molecule has 3 rings (SSSR count). The Balaban J connectivity index is 0.000000500. The van der Waals surface area contributed by atoms with Crippen LogP contribution in [-0.4, -0.2) is 37.1 Å². The first-order valence-electron chi connectivity index (χ1n) is 3.80. The van der Waals surface area contributed by atoms with Gasteiger partial charge in [0, 0.05) is 26.6 Å². The van der Waals surface area contributed by atoms with E-state index in [1.165, 1.54) is 25.9 Å². The van der Waals surface area contributed by atoms with Crippen molar-refractivity contribution >= 4 is 0 Å². The van der Waals surface area contributed by atoms with Gasteiger partial charge >= 0.3 is 0 Å². The lowest BCUT2D eigenvalue weighted by molar-refractivity contribution is 0.101. The van der Waals surface area contributed by atoms with Crippen molar-refractivity contribution in [1.29, 1.82) is 0 Å². The van der Waals surface area contributed by atoms with Crippen LogP contribution >= 0.6 is 0 Å². The van der Waals surface area contributed by atoms with Crippen LogP contribution in [0.2, 0.25) is 0 Å². The van der Waals surface area contributed by atoms with Crippen LogP contribution < -0.4 is 5.32 Å². The molecule has 0 aromatic heterocycles. The van der Waals surface area contributed by atoms with Crippen molar-refractivity contribution in [3.63, 3.8) is 0 Å². The lowest BCUT2D eigenvalue weighted by atomic mass is 9.94. The highest BCUT2D eigenvalue weighted by Gasteiger charge is 2.30. The Bertz CT molecular complexity index is 110. The molecule has 3 fully saturated rings. The number of nitrogens with zero attached hydrogens (tertiary/aromatic N) is 1. The fourth-order valence-electron chi connectivity index (χ4n) is 1.93. The van der Waals surface area contributed by atoms with E-state index in [0.717, 1.165) is 12.1 Å². The van der Waals surface area contributed by atoms with Gasteiger partial charge in [0.25, 0.3) is 0 Å². The molecule has 3 aliphatic heterocycles. The van der Waals surface area contributed by atoms with Gasteiger partial charge in [0.1, 0.15) is 0 Å². The number of hydrogen-bond donors (Lipinski definition) is 1. The largest absolute Gasteiger partial charge is 0.311 e. The molecule has 0 aromatic carbocycles. The number of piperidine rings is 2. The van der Waals surface area contributed by atoms with Crippen LogP contribution in [-0.2, 0) is 0 Å². The number of rotatable bonds is 0. The van der Waals surface area contributed by atoms with Crippen LogP contribution in [0.15, 0.2) is 0 Å². The van der Waals surface area contributed by atoms with E-state index in [-0.39, 0.29) is 1.43 Å². The number of likely N-dealkylation sites (N-methyl/N-ethyl adjacent to an activating group) is 1. The molecule has 3 saturated heterocycles. The van der Waals surface area contributed by atoms with Crippen LogP contribution in [0.5, 0.6) is 0 Å². The molecular weight excluding hydrogens is 112 g/mol. The Morgan fingerprint density at radius 2 is 2.44 bits per heavy atom. The summed E-state index contributed by atoms with van der Waals surface area (Å²) in [6, 6.07) is 1.65. The van der Waals surface area contributed by atoms with Gasteiger partial charge in [-0.2, -0.15) is 0 Å². The zero-order valence-corrected chi connectivity index (χ0v) is 5.93. The highest BCUT2D eigenvalue weighted by atomic mass is 15.2. The molecule has 2 nitrogen and oxygen atoms in total. The predicted octanol–water partition coefficient (Wildman–Crippen LogP) is 0.298. The molecule has 9 heavy (non-hydrogen) atoms. The fraction of sp³-hybridized carbons (Fsp3) is 1.00. The van der Waals surface area contributed by atoms with Gasteiger partial charge in [0.2, 0.25) is 0 Å². The third-order valence-corrected chi connectivity index (χ3v) is 2.62. The summed E-state index contributed by atoms with van der Waals surface area (Å²) < 4.78 is 0. The third kappa shape index (κ3) is 0.864. The molecule has 0 amide bonds. The van der Waals surface area contributed by atoms with Crippen molar-refractivity contribution in [2.24, 2.45) is 0 Å². The number of nitrogens with one attached hydrogen (secondary N) is 1. The van der Waals surface area contributed by atoms with Crippen molar-refractivity contribution < 1.29 is 1.43 Å². The van der Waals surface area contributed by atoms with E-state index >= 15 is 0 Å². The maximum atomic E-state index is 3.51. The lowest BCUT2D eigenvalue weighted by Crippen LogP contribution is -2.59. The molecule has 3 heterocycles. The number of piperazine rings is 1. The van der Waals surface area contributed by atoms with Crippen LogP contribution in [0, 0.1) is 0 Å². The van der Waals surface area contributed by atoms with Gasteiger partial charge in [-0.1, -0.05) is 0 Å². The molecule has 0 aliphatic carbocycles. The minimum atomic E-state index is 0. The van der Waals surface area contributed by atoms with E-state index in [2.05, 4.69) is 17.3 Å². The summed E-state index contributed by atoms with van der Waals surface area (Å²) in [7, 11) is 2.23. The van der Waals surface area contributed by atoms with Gasteiger partial charge in [0.15, 0.2) is 0 Å². The fourth-order valence-corrected chi connectivity index (χ4v) is 1.93. The first kappa shape index (κ1) is 5.69. The normalized spacial score (nSPS) is 43.7. The maximum absolute atomic E-state index is 3.51. The molecule has 0 spiro atoms. The minimum Gasteiger partial charge on any atom is -0.311 e. The van der Waals surface area contributed by atoms with Crippen molar-refractivity contribution in [2.75, 3.05) is 20.1 Å². The molecule has 1 N–H and O–H groups in total. The van der Waals surface area contributed by atoms with Crippen molar-refractivity contribution in [2.45, 2.75) is 24.9 Å². The summed E-state index contributed by atoms with van der Waals surface area (Å²) in [6.07, 6.45) is 2.81. The zero-order chi connectivity index (χ0) is 6.27. The van der Waals surface area contributed by atoms with Crippen LogP contribution in [0.3, 0.4) is 0 Å². The second-order valence-electron chi connectivity index (χ2n) is 3.28. The summed E-state index contributed by atoms with van der Waals surface area (Å²) in [6.45, 7) is 2.49. The van der Waals surface area contributed by atoms with Gasteiger partial charge < -0.3 is 10.2 Å². The summed E-state index contributed by atoms with van der Waals surface area (Å²) in [4.78, 5) is 2.48. The zero-order valence-electron chi connectivity index (χ0n) is 5.93. The molecular formula is C7H16N2. The van der Waals surface area contributed by atoms with Gasteiger partial charge in [-0.15, -0.1) is 0 Å². The minimum absolute atomic E-state index is 0. The van der Waals surface area contributed by atoms with Gasteiger partial charge in [-0.05, 0) is 19.9 Å². The summed E-state index contributed by atoms with van der Waals surface area (Å²) >= 11 is 0. The SMILES string of the molecule is CN1C[C@@H]2CC[C@H]1CN2.[HH]. The standard InChI is InChI=1S/C7H14N2.H2/c1-9-5-6-2-3-7(9)4-8-6;/h6-8H,2-5H2,1H3;1H/t6-,7-;/m0./s1. The van der Waals surface area contributed by atoms with E-state index in [9.17, 15) is 0 Å². The molecule has 2 heteroatoms. The Hall–Kier alpha value is -0.0800. The predicted molar refractivity (Wildman–Crippen MR) is 39.6 cm³/mol. The third-order valence-electron chi connectivity index (χ3n) is 2.62. The highest BCUT2D eigenvalue weighted by molar-refractivity contribution is 4.90. The highest BCUT2D eigenvalue weighted by Crippen LogP contribution is 2.19.